The largest absolute Gasteiger partial charge is 0.347 e. The number of halogens is 2. The summed E-state index contributed by atoms with van der Waals surface area (Å²) in [5, 5.41) is 3.59. The maximum absolute atomic E-state index is 12.1. The minimum absolute atomic E-state index is 0.0781. The van der Waals surface area contributed by atoms with Crippen LogP contribution in [0.15, 0.2) is 22.7 Å². The second kappa shape index (κ2) is 5.87. The van der Waals surface area contributed by atoms with Crippen LogP contribution in [0.25, 0.3) is 0 Å². The van der Waals surface area contributed by atoms with Crippen molar-refractivity contribution in [2.45, 2.75) is 39.2 Å². The number of hydrogen-bond acceptors (Lipinski definition) is 1. The predicted octanol–water partition coefficient (Wildman–Crippen LogP) is 4.41. The second-order valence-corrected chi connectivity index (χ2v) is 5.61. The lowest BCUT2D eigenvalue weighted by atomic mass is 9.95. The molecule has 1 amide bonds. The van der Waals surface area contributed by atoms with Gasteiger partial charge in [-0.15, -0.1) is 0 Å². The third-order valence-electron chi connectivity index (χ3n) is 3.16. The quantitative estimate of drug-likeness (QED) is 0.875. The van der Waals surface area contributed by atoms with Crippen molar-refractivity contribution in [3.8, 4) is 0 Å². The van der Waals surface area contributed by atoms with Crippen molar-refractivity contribution in [2.24, 2.45) is 0 Å². The predicted molar refractivity (Wildman–Crippen MR) is 75.6 cm³/mol. The smallest absolute Gasteiger partial charge is 0.251 e. The second-order valence-electron chi connectivity index (χ2n) is 4.35. The first-order valence-corrected chi connectivity index (χ1v) is 6.86. The summed E-state index contributed by atoms with van der Waals surface area (Å²) in [6.07, 6.45) is 1.80. The van der Waals surface area contributed by atoms with Gasteiger partial charge in [-0.1, -0.05) is 25.4 Å². The first-order chi connectivity index (χ1) is 7.91. The molecule has 0 heterocycles. The molecule has 1 aromatic carbocycles. The molecule has 0 aliphatic heterocycles. The molecule has 0 fully saturated rings. The van der Waals surface area contributed by atoms with Crippen molar-refractivity contribution in [3.63, 3.8) is 0 Å². The van der Waals surface area contributed by atoms with Gasteiger partial charge in [0.1, 0.15) is 0 Å². The highest BCUT2D eigenvalue weighted by Gasteiger charge is 2.22. The average molecular weight is 319 g/mol. The van der Waals surface area contributed by atoms with Gasteiger partial charge in [0.2, 0.25) is 0 Å². The molecule has 0 aliphatic rings. The molecule has 0 unspecified atom stereocenters. The molecule has 94 valence electrons. The van der Waals surface area contributed by atoms with Gasteiger partial charge in [0.25, 0.3) is 5.91 Å². The zero-order valence-corrected chi connectivity index (χ0v) is 12.7. The van der Waals surface area contributed by atoms with Gasteiger partial charge in [0.15, 0.2) is 0 Å². The van der Waals surface area contributed by atoms with Crippen LogP contribution in [0.2, 0.25) is 5.02 Å². The molecule has 0 bridgehead atoms. The number of amides is 1. The van der Waals surface area contributed by atoms with Gasteiger partial charge in [0.05, 0.1) is 5.02 Å². The van der Waals surface area contributed by atoms with E-state index in [1.54, 1.807) is 18.2 Å². The van der Waals surface area contributed by atoms with Crippen LogP contribution in [0.3, 0.4) is 0 Å². The molecule has 0 spiro atoms. The van der Waals surface area contributed by atoms with Crippen molar-refractivity contribution in [1.82, 2.24) is 5.32 Å². The fourth-order valence-electron chi connectivity index (χ4n) is 1.41. The highest BCUT2D eigenvalue weighted by atomic mass is 79.9. The van der Waals surface area contributed by atoms with Crippen LogP contribution < -0.4 is 5.32 Å². The Kier molecular flexibility index (Phi) is 5.02. The maximum Gasteiger partial charge on any atom is 0.251 e. The minimum atomic E-state index is -0.156. The van der Waals surface area contributed by atoms with E-state index in [4.69, 9.17) is 11.6 Å². The van der Waals surface area contributed by atoms with Gasteiger partial charge in [-0.05, 0) is 53.9 Å². The molecule has 17 heavy (non-hydrogen) atoms. The number of carbonyl (C=O) groups is 1. The summed E-state index contributed by atoms with van der Waals surface area (Å²) >= 11 is 9.27. The van der Waals surface area contributed by atoms with Gasteiger partial charge in [-0.2, -0.15) is 0 Å². The lowest BCUT2D eigenvalue weighted by molar-refractivity contribution is 0.0901. The Labute approximate surface area is 116 Å². The van der Waals surface area contributed by atoms with E-state index in [1.807, 2.05) is 6.92 Å². The highest BCUT2D eigenvalue weighted by molar-refractivity contribution is 9.10. The Hall–Kier alpha value is -0.540. The molecular formula is C13H17BrClNO. The van der Waals surface area contributed by atoms with Gasteiger partial charge < -0.3 is 5.32 Å². The van der Waals surface area contributed by atoms with Crippen LogP contribution in [0, 0.1) is 0 Å². The van der Waals surface area contributed by atoms with Gasteiger partial charge in [0, 0.05) is 15.6 Å². The van der Waals surface area contributed by atoms with E-state index in [1.165, 1.54) is 0 Å². The summed E-state index contributed by atoms with van der Waals surface area (Å²) in [5.74, 6) is -0.0781. The van der Waals surface area contributed by atoms with Crippen LogP contribution in [0.5, 0.6) is 0 Å². The molecule has 1 aromatic rings. The SMILES string of the molecule is CCC(C)(CC)NC(=O)c1ccc(Br)c(Cl)c1. The third-order valence-corrected chi connectivity index (χ3v) is 4.39. The first-order valence-electron chi connectivity index (χ1n) is 5.69. The highest BCUT2D eigenvalue weighted by Crippen LogP contribution is 2.23. The number of rotatable bonds is 4. The molecule has 1 N–H and O–H groups in total. The summed E-state index contributed by atoms with van der Waals surface area (Å²) in [4.78, 5) is 12.1. The summed E-state index contributed by atoms with van der Waals surface area (Å²) < 4.78 is 0.796. The van der Waals surface area contributed by atoms with E-state index >= 15 is 0 Å². The van der Waals surface area contributed by atoms with Crippen LogP contribution in [0.1, 0.15) is 44.0 Å². The summed E-state index contributed by atoms with van der Waals surface area (Å²) in [5.41, 5.74) is 0.433. The Morgan fingerprint density at radius 2 is 2.00 bits per heavy atom. The Bertz CT molecular complexity index is 416. The average Bonchev–Trinajstić information content (AvgIpc) is 2.32. The van der Waals surface area contributed by atoms with E-state index in [0.29, 0.717) is 10.6 Å². The minimum Gasteiger partial charge on any atom is -0.347 e. The topological polar surface area (TPSA) is 29.1 Å². The first kappa shape index (κ1) is 14.5. The molecule has 2 nitrogen and oxygen atoms in total. The normalized spacial score (nSPS) is 11.4. The van der Waals surface area contributed by atoms with Crippen molar-refractivity contribution in [3.05, 3.63) is 33.3 Å². The number of benzene rings is 1. The molecule has 0 radical (unpaired) electrons. The van der Waals surface area contributed by atoms with Crippen LogP contribution in [0.4, 0.5) is 0 Å². The Morgan fingerprint density at radius 3 is 2.47 bits per heavy atom. The standard InChI is InChI=1S/C13H17BrClNO/c1-4-13(3,5-2)16-12(17)9-6-7-10(14)11(15)8-9/h6-8H,4-5H2,1-3H3,(H,16,17). The van der Waals surface area contributed by atoms with Crippen LogP contribution in [-0.4, -0.2) is 11.4 Å². The van der Waals surface area contributed by atoms with E-state index in [9.17, 15) is 4.79 Å². The number of nitrogens with one attached hydrogen (secondary N) is 1. The lowest BCUT2D eigenvalue weighted by Gasteiger charge is -2.28. The lowest BCUT2D eigenvalue weighted by Crippen LogP contribution is -2.44. The van der Waals surface area contributed by atoms with E-state index < -0.39 is 0 Å². The molecular weight excluding hydrogens is 302 g/mol. The van der Waals surface area contributed by atoms with Gasteiger partial charge >= 0.3 is 0 Å². The van der Waals surface area contributed by atoms with E-state index in [2.05, 4.69) is 35.1 Å². The van der Waals surface area contributed by atoms with Crippen molar-refractivity contribution < 1.29 is 4.79 Å². The van der Waals surface area contributed by atoms with Crippen LogP contribution >= 0.6 is 27.5 Å². The summed E-state index contributed by atoms with van der Waals surface area (Å²) in [7, 11) is 0. The zero-order chi connectivity index (χ0) is 13.1. The third kappa shape index (κ3) is 3.71. The summed E-state index contributed by atoms with van der Waals surface area (Å²) in [6, 6.07) is 5.22. The Balaban J connectivity index is 2.86. The fourth-order valence-corrected chi connectivity index (χ4v) is 1.84. The number of hydrogen-bond donors (Lipinski definition) is 1. The molecule has 0 saturated carbocycles. The van der Waals surface area contributed by atoms with E-state index in [0.717, 1.165) is 17.3 Å². The fraction of sp³-hybridized carbons (Fsp3) is 0.462. The molecule has 0 aliphatic carbocycles. The van der Waals surface area contributed by atoms with E-state index in [-0.39, 0.29) is 11.4 Å². The Morgan fingerprint density at radius 1 is 1.41 bits per heavy atom. The molecule has 1 rings (SSSR count). The van der Waals surface area contributed by atoms with Crippen LogP contribution in [-0.2, 0) is 0 Å². The number of carbonyl (C=O) groups excluding carboxylic acids is 1. The monoisotopic (exact) mass is 317 g/mol. The molecule has 4 heteroatoms. The van der Waals surface area contributed by atoms with Crippen molar-refractivity contribution >= 4 is 33.4 Å². The summed E-state index contributed by atoms with van der Waals surface area (Å²) in [6.45, 7) is 6.18. The molecule has 0 aromatic heterocycles. The maximum atomic E-state index is 12.1. The van der Waals surface area contributed by atoms with Gasteiger partial charge in [-0.25, -0.2) is 0 Å². The van der Waals surface area contributed by atoms with Crippen molar-refractivity contribution in [1.29, 1.82) is 0 Å². The van der Waals surface area contributed by atoms with Crippen molar-refractivity contribution in [2.75, 3.05) is 0 Å². The zero-order valence-electron chi connectivity index (χ0n) is 10.3. The van der Waals surface area contributed by atoms with Gasteiger partial charge in [-0.3, -0.25) is 4.79 Å². The molecule has 0 atom stereocenters. The molecule has 0 saturated heterocycles.